The molecule has 132 valence electrons. The third kappa shape index (κ3) is 4.15. The Morgan fingerprint density at radius 3 is 2.29 bits per heavy atom. The van der Waals surface area contributed by atoms with Gasteiger partial charge in [-0.2, -0.15) is 0 Å². The Balaban J connectivity index is 1.46. The van der Waals surface area contributed by atoms with E-state index < -0.39 is 0 Å². The lowest BCUT2D eigenvalue weighted by Crippen LogP contribution is -3.15. The van der Waals surface area contributed by atoms with Gasteiger partial charge in [0.25, 0.3) is 0 Å². The number of piperidine rings is 1. The van der Waals surface area contributed by atoms with E-state index in [-0.39, 0.29) is 11.3 Å². The first-order chi connectivity index (χ1) is 11.3. The number of hydrogen-bond donors (Lipinski definition) is 2. The number of nitrogens with one attached hydrogen (secondary N) is 2. The molecule has 0 radical (unpaired) electrons. The van der Waals surface area contributed by atoms with Crippen LogP contribution in [-0.2, 0) is 10.2 Å². The molecule has 1 aromatic rings. The summed E-state index contributed by atoms with van der Waals surface area (Å²) >= 11 is 1.64. The minimum Gasteiger partial charge on any atom is -0.352 e. The van der Waals surface area contributed by atoms with Gasteiger partial charge in [0, 0.05) is 36.6 Å². The van der Waals surface area contributed by atoms with Crippen molar-refractivity contribution in [2.24, 2.45) is 0 Å². The van der Waals surface area contributed by atoms with Crippen LogP contribution in [0.2, 0.25) is 0 Å². The number of amides is 1. The molecule has 1 aromatic carbocycles. The van der Waals surface area contributed by atoms with E-state index in [0.717, 1.165) is 24.9 Å². The molecule has 2 aliphatic rings. The Labute approximate surface area is 150 Å². The SMILES string of the molecule is C[NH+]1[C@@H]2CC[C@@H]1CC(NC(=O)CSc1ccc(C(C)(C)C)cc1)C2. The van der Waals surface area contributed by atoms with E-state index in [0.29, 0.717) is 11.8 Å². The van der Waals surface area contributed by atoms with Gasteiger partial charge in [-0.25, -0.2) is 0 Å². The van der Waals surface area contributed by atoms with Gasteiger partial charge in [-0.15, -0.1) is 11.8 Å². The van der Waals surface area contributed by atoms with Gasteiger partial charge in [0.2, 0.25) is 5.91 Å². The van der Waals surface area contributed by atoms with Crippen LogP contribution in [0.3, 0.4) is 0 Å². The molecule has 0 unspecified atom stereocenters. The van der Waals surface area contributed by atoms with Crippen LogP contribution in [0, 0.1) is 0 Å². The van der Waals surface area contributed by atoms with Crippen molar-refractivity contribution in [1.82, 2.24) is 5.32 Å². The fourth-order valence-corrected chi connectivity index (χ4v) is 4.88. The van der Waals surface area contributed by atoms with Crippen molar-refractivity contribution in [3.8, 4) is 0 Å². The number of quaternary nitrogens is 1. The largest absolute Gasteiger partial charge is 0.352 e. The molecule has 0 spiro atoms. The zero-order valence-corrected chi connectivity index (χ0v) is 16.2. The number of hydrogen-bond acceptors (Lipinski definition) is 2. The van der Waals surface area contributed by atoms with Crippen LogP contribution in [0.25, 0.3) is 0 Å². The van der Waals surface area contributed by atoms with Crippen molar-refractivity contribution in [2.75, 3.05) is 12.8 Å². The Bertz CT molecular complexity index is 564. The fraction of sp³-hybridized carbons (Fsp3) is 0.650. The molecule has 24 heavy (non-hydrogen) atoms. The Morgan fingerprint density at radius 1 is 1.17 bits per heavy atom. The summed E-state index contributed by atoms with van der Waals surface area (Å²) < 4.78 is 0. The maximum atomic E-state index is 12.3. The van der Waals surface area contributed by atoms with Crippen LogP contribution in [0.5, 0.6) is 0 Å². The Hall–Kier alpha value is -1.00. The first-order valence-electron chi connectivity index (χ1n) is 9.19. The molecule has 0 aromatic heterocycles. The van der Waals surface area contributed by atoms with Crippen LogP contribution in [0.4, 0.5) is 0 Å². The van der Waals surface area contributed by atoms with Gasteiger partial charge in [-0.1, -0.05) is 32.9 Å². The normalized spacial score (nSPS) is 29.5. The zero-order valence-electron chi connectivity index (χ0n) is 15.4. The summed E-state index contributed by atoms with van der Waals surface area (Å²) in [4.78, 5) is 15.1. The molecule has 2 heterocycles. The van der Waals surface area contributed by atoms with Gasteiger partial charge >= 0.3 is 0 Å². The van der Waals surface area contributed by atoms with E-state index >= 15 is 0 Å². The lowest BCUT2D eigenvalue weighted by atomic mass is 9.87. The summed E-state index contributed by atoms with van der Waals surface area (Å²) in [5, 5.41) is 3.27. The summed E-state index contributed by atoms with van der Waals surface area (Å²) in [6.07, 6.45) is 4.97. The first-order valence-corrected chi connectivity index (χ1v) is 10.2. The van der Waals surface area contributed by atoms with E-state index in [1.807, 2.05) is 0 Å². The quantitative estimate of drug-likeness (QED) is 0.820. The molecule has 2 atom stereocenters. The number of benzene rings is 1. The maximum Gasteiger partial charge on any atom is 0.230 e. The average Bonchev–Trinajstić information content (AvgIpc) is 2.74. The highest BCUT2D eigenvalue weighted by molar-refractivity contribution is 8.00. The van der Waals surface area contributed by atoms with Crippen molar-refractivity contribution >= 4 is 17.7 Å². The van der Waals surface area contributed by atoms with E-state index in [1.165, 1.54) is 23.3 Å². The summed E-state index contributed by atoms with van der Waals surface area (Å²) in [6.45, 7) is 6.66. The van der Waals surface area contributed by atoms with Crippen molar-refractivity contribution in [3.05, 3.63) is 29.8 Å². The minimum absolute atomic E-state index is 0.177. The second-order valence-electron chi connectivity index (χ2n) is 8.51. The standard InChI is InChI=1S/C20H30N2OS/c1-20(2,3)14-5-9-18(10-6-14)24-13-19(23)21-15-11-16-7-8-17(12-15)22(16)4/h5-6,9-10,15-17H,7-8,11-13H2,1-4H3,(H,21,23)/p+1/t16-,17-/m1/s1. The highest BCUT2D eigenvalue weighted by Crippen LogP contribution is 2.26. The van der Waals surface area contributed by atoms with Gasteiger partial charge in [0.05, 0.1) is 24.9 Å². The molecule has 2 N–H and O–H groups in total. The molecule has 3 rings (SSSR count). The lowest BCUT2D eigenvalue weighted by Gasteiger charge is -2.33. The van der Waals surface area contributed by atoms with Crippen molar-refractivity contribution in [3.63, 3.8) is 0 Å². The van der Waals surface area contributed by atoms with E-state index in [9.17, 15) is 4.79 Å². The minimum atomic E-state index is 0.177. The number of thioether (sulfide) groups is 1. The second kappa shape index (κ2) is 7.09. The van der Waals surface area contributed by atoms with Gasteiger partial charge in [0.15, 0.2) is 0 Å². The first kappa shape index (κ1) is 17.8. The summed E-state index contributed by atoms with van der Waals surface area (Å²) in [5.41, 5.74) is 1.51. The molecule has 0 aliphatic carbocycles. The zero-order chi connectivity index (χ0) is 17.3. The third-order valence-electron chi connectivity index (χ3n) is 5.74. The number of fused-ring (bicyclic) bond motifs is 2. The molecule has 2 bridgehead atoms. The molecule has 3 nitrogen and oxygen atoms in total. The van der Waals surface area contributed by atoms with Crippen LogP contribution in [-0.4, -0.2) is 36.8 Å². The molecular formula is C20H31N2OS+. The van der Waals surface area contributed by atoms with Crippen LogP contribution in [0.1, 0.15) is 52.0 Å². The Morgan fingerprint density at radius 2 is 1.75 bits per heavy atom. The van der Waals surface area contributed by atoms with Gasteiger partial charge in [0.1, 0.15) is 0 Å². The summed E-state index contributed by atoms with van der Waals surface area (Å²) in [5.74, 6) is 0.701. The fourth-order valence-electron chi connectivity index (χ4n) is 4.17. The molecular weight excluding hydrogens is 316 g/mol. The summed E-state index contributed by atoms with van der Waals surface area (Å²) in [7, 11) is 2.32. The van der Waals surface area contributed by atoms with Gasteiger partial charge < -0.3 is 10.2 Å². The average molecular weight is 348 g/mol. The predicted octanol–water partition coefficient (Wildman–Crippen LogP) is 2.40. The molecule has 0 saturated carbocycles. The molecule has 2 fully saturated rings. The molecule has 2 aliphatic heterocycles. The van der Waals surface area contributed by atoms with E-state index in [2.05, 4.69) is 57.4 Å². The number of rotatable bonds is 4. The van der Waals surface area contributed by atoms with Crippen LogP contribution >= 0.6 is 11.8 Å². The highest BCUT2D eigenvalue weighted by atomic mass is 32.2. The topological polar surface area (TPSA) is 33.5 Å². The van der Waals surface area contributed by atoms with E-state index in [4.69, 9.17) is 0 Å². The molecule has 4 heteroatoms. The Kier molecular flexibility index (Phi) is 5.26. The predicted molar refractivity (Wildman–Crippen MR) is 101 cm³/mol. The molecule has 1 amide bonds. The number of carbonyl (C=O) groups excluding carboxylic acids is 1. The van der Waals surface area contributed by atoms with Gasteiger partial charge in [-0.05, 0) is 23.1 Å². The van der Waals surface area contributed by atoms with Crippen LogP contribution < -0.4 is 10.2 Å². The maximum absolute atomic E-state index is 12.3. The lowest BCUT2D eigenvalue weighted by molar-refractivity contribution is -0.922. The molecule has 2 saturated heterocycles. The van der Waals surface area contributed by atoms with Crippen molar-refractivity contribution < 1.29 is 9.69 Å². The van der Waals surface area contributed by atoms with Crippen LogP contribution in [0.15, 0.2) is 29.2 Å². The van der Waals surface area contributed by atoms with E-state index in [1.54, 1.807) is 16.7 Å². The second-order valence-corrected chi connectivity index (χ2v) is 9.56. The number of carbonyl (C=O) groups is 1. The smallest absolute Gasteiger partial charge is 0.230 e. The third-order valence-corrected chi connectivity index (χ3v) is 6.76. The van der Waals surface area contributed by atoms with Gasteiger partial charge in [-0.3, -0.25) is 4.79 Å². The van der Waals surface area contributed by atoms with Crippen molar-refractivity contribution in [1.29, 1.82) is 0 Å². The highest BCUT2D eigenvalue weighted by Gasteiger charge is 2.42. The van der Waals surface area contributed by atoms with Crippen molar-refractivity contribution in [2.45, 2.75) is 74.9 Å². The summed E-state index contributed by atoms with van der Waals surface area (Å²) in [6, 6.07) is 10.5. The monoisotopic (exact) mass is 347 g/mol.